The van der Waals surface area contributed by atoms with E-state index in [0.717, 1.165) is 12.5 Å². The van der Waals surface area contributed by atoms with Gasteiger partial charge in [-0.15, -0.1) is 0 Å². The van der Waals surface area contributed by atoms with E-state index >= 15 is 0 Å². The molecule has 0 aromatic heterocycles. The molecule has 0 fully saturated rings. The van der Waals surface area contributed by atoms with Crippen LogP contribution in [0.15, 0.2) is 60.7 Å². The fourth-order valence-corrected chi connectivity index (χ4v) is 2.19. The van der Waals surface area contributed by atoms with Crippen LogP contribution in [0.2, 0.25) is 0 Å². The predicted octanol–water partition coefficient (Wildman–Crippen LogP) is 1.91. The zero-order chi connectivity index (χ0) is 20.4. The summed E-state index contributed by atoms with van der Waals surface area (Å²) in [5.41, 5.74) is 1.44. The van der Waals surface area contributed by atoms with Crippen LogP contribution in [-0.2, 0) is 37.0 Å². The van der Waals surface area contributed by atoms with Crippen LogP contribution in [0, 0.1) is 0 Å². The average Bonchev–Trinajstić information content (AvgIpc) is 2.70. The molecule has 0 spiro atoms. The number of nitrogens with one attached hydrogen (secondary N) is 1. The summed E-state index contributed by atoms with van der Waals surface area (Å²) in [5.74, 6) is -4.81. The Morgan fingerprint density at radius 2 is 1.39 bits per heavy atom. The summed E-state index contributed by atoms with van der Waals surface area (Å²) in [6, 6.07) is 17.7. The molecule has 8 heteroatoms. The van der Waals surface area contributed by atoms with Crippen molar-refractivity contribution >= 4 is 18.0 Å². The molecule has 0 saturated carbocycles. The van der Waals surface area contributed by atoms with Crippen LogP contribution in [0.5, 0.6) is 0 Å². The minimum Gasteiger partial charge on any atom is -0.456 e. The van der Waals surface area contributed by atoms with Crippen LogP contribution in [0.3, 0.4) is 0 Å². The highest BCUT2D eigenvalue weighted by molar-refractivity contribution is 5.82. The second-order valence-corrected chi connectivity index (χ2v) is 5.86. The molecule has 28 heavy (non-hydrogen) atoms. The third-order valence-electron chi connectivity index (χ3n) is 3.53. The van der Waals surface area contributed by atoms with Gasteiger partial charge in [0.2, 0.25) is 0 Å². The molecule has 2 N–H and O–H groups in total. The molecule has 148 valence electrons. The zero-order valence-electron chi connectivity index (χ0n) is 15.3. The Hall–Kier alpha value is -3.39. The molecule has 0 aliphatic rings. The van der Waals surface area contributed by atoms with E-state index in [0.29, 0.717) is 5.56 Å². The van der Waals surface area contributed by atoms with Crippen molar-refractivity contribution < 1.29 is 33.7 Å². The fraction of sp³-hybridized carbons (Fsp3) is 0.250. The quantitative estimate of drug-likeness (QED) is 0.404. The largest absolute Gasteiger partial charge is 0.456 e. The standard InChI is InChI=1S/C20H21NO7/c1-15(22)28-20(25,18(23)26-12-16-8-4-2-5-9-16)14-21-19(24)27-13-17-10-6-3-7-11-17/h2-11,25H,12-14H2,1H3,(H,21,24). The maximum Gasteiger partial charge on any atom is 0.407 e. The van der Waals surface area contributed by atoms with Crippen LogP contribution in [-0.4, -0.2) is 35.5 Å². The van der Waals surface area contributed by atoms with Crippen molar-refractivity contribution in [1.82, 2.24) is 5.32 Å². The molecule has 1 unspecified atom stereocenters. The summed E-state index contributed by atoms with van der Waals surface area (Å²) in [4.78, 5) is 35.3. The van der Waals surface area contributed by atoms with Gasteiger partial charge in [-0.2, -0.15) is 0 Å². The monoisotopic (exact) mass is 387 g/mol. The first-order chi connectivity index (χ1) is 13.4. The Labute approximate surface area is 162 Å². The first kappa shape index (κ1) is 20.9. The molecule has 0 aliphatic carbocycles. The molecule has 2 aromatic carbocycles. The van der Waals surface area contributed by atoms with E-state index in [1.807, 2.05) is 6.07 Å². The summed E-state index contributed by atoms with van der Waals surface area (Å²) in [7, 11) is 0. The average molecular weight is 387 g/mol. The van der Waals surface area contributed by atoms with E-state index in [1.165, 1.54) is 0 Å². The summed E-state index contributed by atoms with van der Waals surface area (Å²) in [6.07, 6.45) is -0.898. The molecule has 2 aromatic rings. The number of aliphatic hydroxyl groups is 1. The summed E-state index contributed by atoms with van der Waals surface area (Å²) in [5, 5.41) is 12.6. The Bertz CT molecular complexity index is 795. The topological polar surface area (TPSA) is 111 Å². The van der Waals surface area contributed by atoms with Gasteiger partial charge in [0.05, 0.1) is 6.54 Å². The molecule has 0 aliphatic heterocycles. The lowest BCUT2D eigenvalue weighted by atomic mass is 10.2. The summed E-state index contributed by atoms with van der Waals surface area (Å²) < 4.78 is 14.7. The molecule has 8 nitrogen and oxygen atoms in total. The number of ether oxygens (including phenoxy) is 3. The van der Waals surface area contributed by atoms with Crippen LogP contribution in [0.25, 0.3) is 0 Å². The number of carbonyl (C=O) groups excluding carboxylic acids is 3. The van der Waals surface area contributed by atoms with Crippen LogP contribution < -0.4 is 5.32 Å². The van der Waals surface area contributed by atoms with E-state index < -0.39 is 30.4 Å². The Kier molecular flexibility index (Phi) is 7.53. The van der Waals surface area contributed by atoms with Gasteiger partial charge in [-0.05, 0) is 11.1 Å². The van der Waals surface area contributed by atoms with Gasteiger partial charge in [-0.1, -0.05) is 60.7 Å². The minimum atomic E-state index is -2.67. The van der Waals surface area contributed by atoms with Crippen LogP contribution >= 0.6 is 0 Å². The number of hydrogen-bond donors (Lipinski definition) is 2. The van der Waals surface area contributed by atoms with Gasteiger partial charge in [0.1, 0.15) is 13.2 Å². The highest BCUT2D eigenvalue weighted by Gasteiger charge is 2.42. The van der Waals surface area contributed by atoms with Crippen molar-refractivity contribution in [2.75, 3.05) is 6.54 Å². The van der Waals surface area contributed by atoms with E-state index in [1.54, 1.807) is 54.6 Å². The van der Waals surface area contributed by atoms with Gasteiger partial charge < -0.3 is 24.6 Å². The second kappa shape index (κ2) is 10.1. The first-order valence-electron chi connectivity index (χ1n) is 8.47. The Morgan fingerprint density at radius 1 is 0.893 bits per heavy atom. The lowest BCUT2D eigenvalue weighted by Gasteiger charge is -2.25. The van der Waals surface area contributed by atoms with Gasteiger partial charge in [-0.3, -0.25) is 4.79 Å². The Balaban J connectivity index is 1.90. The maximum absolute atomic E-state index is 12.2. The van der Waals surface area contributed by atoms with E-state index in [-0.39, 0.29) is 13.2 Å². The highest BCUT2D eigenvalue weighted by Crippen LogP contribution is 2.12. The van der Waals surface area contributed by atoms with Gasteiger partial charge in [0.25, 0.3) is 0 Å². The zero-order valence-corrected chi connectivity index (χ0v) is 15.3. The van der Waals surface area contributed by atoms with Gasteiger partial charge in [0.15, 0.2) is 0 Å². The fourth-order valence-electron chi connectivity index (χ4n) is 2.19. The maximum atomic E-state index is 12.2. The Morgan fingerprint density at radius 3 is 1.89 bits per heavy atom. The molecule has 1 atom stereocenters. The smallest absolute Gasteiger partial charge is 0.407 e. The van der Waals surface area contributed by atoms with Crippen LogP contribution in [0.4, 0.5) is 4.79 Å². The number of rotatable bonds is 8. The normalized spacial score (nSPS) is 12.4. The molecule has 0 bridgehead atoms. The number of amides is 1. The molecular formula is C20H21NO7. The van der Waals surface area contributed by atoms with Crippen molar-refractivity contribution in [3.63, 3.8) is 0 Å². The van der Waals surface area contributed by atoms with Crippen LogP contribution in [0.1, 0.15) is 18.1 Å². The van der Waals surface area contributed by atoms with Crippen molar-refractivity contribution in [3.8, 4) is 0 Å². The van der Waals surface area contributed by atoms with E-state index in [2.05, 4.69) is 10.1 Å². The summed E-state index contributed by atoms with van der Waals surface area (Å²) in [6.45, 7) is 0.149. The number of benzene rings is 2. The van der Waals surface area contributed by atoms with Gasteiger partial charge in [-0.25, -0.2) is 9.59 Å². The summed E-state index contributed by atoms with van der Waals surface area (Å²) >= 11 is 0. The van der Waals surface area contributed by atoms with Crippen molar-refractivity contribution in [2.45, 2.75) is 25.9 Å². The lowest BCUT2D eigenvalue weighted by molar-refractivity contribution is -0.225. The second-order valence-electron chi connectivity index (χ2n) is 5.86. The number of alkyl carbamates (subject to hydrolysis) is 1. The number of esters is 2. The third-order valence-corrected chi connectivity index (χ3v) is 3.53. The SMILES string of the molecule is CC(=O)OC(O)(CNC(=O)OCc1ccccc1)C(=O)OCc1ccccc1. The van der Waals surface area contributed by atoms with Gasteiger partial charge in [0, 0.05) is 6.92 Å². The lowest BCUT2D eigenvalue weighted by Crippen LogP contribution is -2.52. The van der Waals surface area contributed by atoms with E-state index in [9.17, 15) is 19.5 Å². The highest BCUT2D eigenvalue weighted by atomic mass is 16.7. The molecular weight excluding hydrogens is 366 g/mol. The molecule has 2 rings (SSSR count). The van der Waals surface area contributed by atoms with Crippen molar-refractivity contribution in [3.05, 3.63) is 71.8 Å². The molecule has 1 amide bonds. The first-order valence-corrected chi connectivity index (χ1v) is 8.47. The van der Waals surface area contributed by atoms with E-state index in [4.69, 9.17) is 9.47 Å². The van der Waals surface area contributed by atoms with Gasteiger partial charge >= 0.3 is 23.8 Å². The predicted molar refractivity (Wildman–Crippen MR) is 97.6 cm³/mol. The number of carbonyl (C=O) groups is 3. The number of hydrogen-bond acceptors (Lipinski definition) is 7. The third kappa shape index (κ3) is 6.73. The minimum absolute atomic E-state index is 0.00286. The molecule has 0 heterocycles. The van der Waals surface area contributed by atoms with Crippen molar-refractivity contribution in [1.29, 1.82) is 0 Å². The molecule has 0 saturated heterocycles. The molecule has 0 radical (unpaired) electrons. The van der Waals surface area contributed by atoms with Crippen molar-refractivity contribution in [2.24, 2.45) is 0 Å².